The molecule has 2 unspecified atom stereocenters. The maximum atomic E-state index is 11.8. The number of β-amino-alcohol motifs (C(OH)–C–C–N with tert-alkyl or cyclic N) is 1. The molecule has 0 spiro atoms. The smallest absolute Gasteiger partial charge is 0.214 e. The molecule has 1 heterocycles. The second kappa shape index (κ2) is 4.76. The Morgan fingerprint density at radius 2 is 2.06 bits per heavy atom. The summed E-state index contributed by atoms with van der Waals surface area (Å²) in [6.45, 7) is 2.56. The lowest BCUT2D eigenvalue weighted by molar-refractivity contribution is 0.148. The zero-order valence-electron chi connectivity index (χ0n) is 9.78. The van der Waals surface area contributed by atoms with Crippen LogP contribution >= 0.6 is 0 Å². The Hall–Kier alpha value is -0.910. The van der Waals surface area contributed by atoms with Crippen LogP contribution in [0.15, 0.2) is 30.3 Å². The standard InChI is InChI=1S/C12H17NO3S/c1-10-7-13(17(15,16)9-10)8-12(14)11-5-3-2-4-6-11/h2-6,10,12,14H,7-9H2,1H3. The van der Waals surface area contributed by atoms with Crippen LogP contribution in [0.2, 0.25) is 0 Å². The molecule has 5 heteroatoms. The van der Waals surface area contributed by atoms with E-state index in [9.17, 15) is 13.5 Å². The van der Waals surface area contributed by atoms with Crippen molar-refractivity contribution in [2.24, 2.45) is 5.92 Å². The van der Waals surface area contributed by atoms with E-state index in [4.69, 9.17) is 0 Å². The van der Waals surface area contributed by atoms with Crippen molar-refractivity contribution < 1.29 is 13.5 Å². The molecule has 1 saturated heterocycles. The highest BCUT2D eigenvalue weighted by molar-refractivity contribution is 7.89. The number of aliphatic hydroxyl groups excluding tert-OH is 1. The zero-order chi connectivity index (χ0) is 12.5. The number of aliphatic hydroxyl groups is 1. The maximum Gasteiger partial charge on any atom is 0.214 e. The van der Waals surface area contributed by atoms with Gasteiger partial charge in [0.2, 0.25) is 10.0 Å². The van der Waals surface area contributed by atoms with Gasteiger partial charge in [-0.3, -0.25) is 0 Å². The molecule has 0 saturated carbocycles. The second-order valence-corrected chi connectivity index (χ2v) is 6.64. The van der Waals surface area contributed by atoms with E-state index >= 15 is 0 Å². The van der Waals surface area contributed by atoms with Gasteiger partial charge in [0, 0.05) is 13.1 Å². The molecule has 0 radical (unpaired) electrons. The van der Waals surface area contributed by atoms with Crippen LogP contribution in [0.1, 0.15) is 18.6 Å². The van der Waals surface area contributed by atoms with E-state index in [0.717, 1.165) is 5.56 Å². The summed E-state index contributed by atoms with van der Waals surface area (Å²) < 4.78 is 24.9. The number of sulfonamides is 1. The van der Waals surface area contributed by atoms with Crippen LogP contribution in [0.3, 0.4) is 0 Å². The van der Waals surface area contributed by atoms with Crippen molar-refractivity contribution in [3.05, 3.63) is 35.9 Å². The number of nitrogens with zero attached hydrogens (tertiary/aromatic N) is 1. The van der Waals surface area contributed by atoms with E-state index in [0.29, 0.717) is 6.54 Å². The first-order valence-electron chi connectivity index (χ1n) is 5.70. The van der Waals surface area contributed by atoms with Gasteiger partial charge in [0.1, 0.15) is 0 Å². The van der Waals surface area contributed by atoms with E-state index in [1.165, 1.54) is 4.31 Å². The Bertz CT molecular complexity index is 472. The predicted octanol–water partition coefficient (Wildman–Crippen LogP) is 1.00. The highest BCUT2D eigenvalue weighted by Gasteiger charge is 2.34. The fraction of sp³-hybridized carbons (Fsp3) is 0.500. The van der Waals surface area contributed by atoms with Gasteiger partial charge in [-0.15, -0.1) is 0 Å². The summed E-state index contributed by atoms with van der Waals surface area (Å²) >= 11 is 0. The second-order valence-electron chi connectivity index (χ2n) is 4.63. The highest BCUT2D eigenvalue weighted by Crippen LogP contribution is 2.22. The van der Waals surface area contributed by atoms with Gasteiger partial charge in [0.05, 0.1) is 11.9 Å². The van der Waals surface area contributed by atoms with Crippen molar-refractivity contribution >= 4 is 10.0 Å². The number of hydrogen-bond acceptors (Lipinski definition) is 3. The summed E-state index contributed by atoms with van der Waals surface area (Å²) in [4.78, 5) is 0. The molecule has 4 nitrogen and oxygen atoms in total. The third-order valence-corrected chi connectivity index (χ3v) is 5.04. The van der Waals surface area contributed by atoms with Gasteiger partial charge < -0.3 is 5.11 Å². The van der Waals surface area contributed by atoms with E-state index in [1.807, 2.05) is 25.1 Å². The average Bonchev–Trinajstić information content (AvgIpc) is 2.53. The fourth-order valence-electron chi connectivity index (χ4n) is 2.14. The minimum Gasteiger partial charge on any atom is -0.387 e. The van der Waals surface area contributed by atoms with Crippen molar-refractivity contribution in [2.75, 3.05) is 18.8 Å². The summed E-state index contributed by atoms with van der Waals surface area (Å²) in [6, 6.07) is 9.14. The van der Waals surface area contributed by atoms with Gasteiger partial charge in [-0.2, -0.15) is 4.31 Å². The SMILES string of the molecule is CC1CN(CC(O)c2ccccc2)S(=O)(=O)C1. The van der Waals surface area contributed by atoms with E-state index in [1.54, 1.807) is 12.1 Å². The molecule has 0 bridgehead atoms. The number of hydrogen-bond donors (Lipinski definition) is 1. The molecule has 1 N–H and O–H groups in total. The molecule has 94 valence electrons. The number of benzene rings is 1. The van der Waals surface area contributed by atoms with Crippen molar-refractivity contribution in [2.45, 2.75) is 13.0 Å². The quantitative estimate of drug-likeness (QED) is 0.876. The minimum atomic E-state index is -3.17. The monoisotopic (exact) mass is 255 g/mol. The van der Waals surface area contributed by atoms with Gasteiger partial charge >= 0.3 is 0 Å². The van der Waals surface area contributed by atoms with Crippen molar-refractivity contribution in [1.82, 2.24) is 4.31 Å². The van der Waals surface area contributed by atoms with Gasteiger partial charge in [-0.05, 0) is 11.5 Å². The Kier molecular flexibility index (Phi) is 3.51. The van der Waals surface area contributed by atoms with Gasteiger partial charge in [0.25, 0.3) is 0 Å². The third-order valence-electron chi connectivity index (χ3n) is 2.96. The van der Waals surface area contributed by atoms with Crippen molar-refractivity contribution in [3.63, 3.8) is 0 Å². The van der Waals surface area contributed by atoms with Crippen LogP contribution in [-0.2, 0) is 10.0 Å². The van der Waals surface area contributed by atoms with Gasteiger partial charge in [0.15, 0.2) is 0 Å². The van der Waals surface area contributed by atoms with Crippen molar-refractivity contribution in [3.8, 4) is 0 Å². The Morgan fingerprint density at radius 3 is 2.59 bits per heavy atom. The third kappa shape index (κ3) is 2.86. The summed E-state index contributed by atoms with van der Waals surface area (Å²) in [5.41, 5.74) is 0.752. The molecular weight excluding hydrogens is 238 g/mol. The maximum absolute atomic E-state index is 11.8. The molecule has 1 aliphatic heterocycles. The molecule has 1 fully saturated rings. The molecule has 1 aromatic carbocycles. The van der Waals surface area contributed by atoms with Crippen LogP contribution in [0.4, 0.5) is 0 Å². The first-order chi connectivity index (χ1) is 7.99. The largest absolute Gasteiger partial charge is 0.387 e. The first kappa shape index (κ1) is 12.5. The van der Waals surface area contributed by atoms with Gasteiger partial charge in [-0.1, -0.05) is 37.3 Å². The summed E-state index contributed by atoms with van der Waals surface area (Å²) in [5, 5.41) is 9.99. The fourth-order valence-corrected chi connectivity index (χ4v) is 4.03. The summed E-state index contributed by atoms with van der Waals surface area (Å²) in [7, 11) is -3.17. The first-order valence-corrected chi connectivity index (χ1v) is 7.31. The topological polar surface area (TPSA) is 57.6 Å². The summed E-state index contributed by atoms with van der Waals surface area (Å²) in [6.07, 6.45) is -0.753. The van der Waals surface area contributed by atoms with Crippen LogP contribution < -0.4 is 0 Å². The lowest BCUT2D eigenvalue weighted by atomic mass is 10.1. The lowest BCUT2D eigenvalue weighted by Gasteiger charge is -2.19. The average molecular weight is 255 g/mol. The van der Waals surface area contributed by atoms with Crippen LogP contribution in [-0.4, -0.2) is 36.7 Å². The molecule has 1 aliphatic rings. The van der Waals surface area contributed by atoms with Crippen LogP contribution in [0.25, 0.3) is 0 Å². The minimum absolute atomic E-state index is 0.142. The predicted molar refractivity (Wildman–Crippen MR) is 65.9 cm³/mol. The number of rotatable bonds is 3. The van der Waals surface area contributed by atoms with E-state index < -0.39 is 16.1 Å². The van der Waals surface area contributed by atoms with Crippen molar-refractivity contribution in [1.29, 1.82) is 0 Å². The summed E-state index contributed by atoms with van der Waals surface area (Å²) in [5.74, 6) is 0.331. The highest BCUT2D eigenvalue weighted by atomic mass is 32.2. The molecule has 17 heavy (non-hydrogen) atoms. The van der Waals surface area contributed by atoms with Crippen LogP contribution in [0.5, 0.6) is 0 Å². The van der Waals surface area contributed by atoms with Gasteiger partial charge in [-0.25, -0.2) is 8.42 Å². The molecule has 2 atom stereocenters. The zero-order valence-corrected chi connectivity index (χ0v) is 10.6. The molecule has 0 aliphatic carbocycles. The molecular formula is C12H17NO3S. The van der Waals surface area contributed by atoms with Crippen LogP contribution in [0, 0.1) is 5.92 Å². The van der Waals surface area contributed by atoms with E-state index in [2.05, 4.69) is 0 Å². The lowest BCUT2D eigenvalue weighted by Crippen LogP contribution is -2.30. The van der Waals surface area contributed by atoms with E-state index in [-0.39, 0.29) is 18.2 Å². The molecule has 1 aromatic rings. The Morgan fingerprint density at radius 1 is 1.41 bits per heavy atom. The Balaban J connectivity index is 2.07. The molecule has 0 amide bonds. The Labute approximate surface area is 102 Å². The normalized spacial score (nSPS) is 25.9. The molecule has 0 aromatic heterocycles. The molecule has 2 rings (SSSR count).